The van der Waals surface area contributed by atoms with Crippen LogP contribution in [0.5, 0.6) is 0 Å². The summed E-state index contributed by atoms with van der Waals surface area (Å²) in [5.41, 5.74) is 6.77. The first-order valence-corrected chi connectivity index (χ1v) is 3.51. The summed E-state index contributed by atoms with van der Waals surface area (Å²) >= 11 is 0. The predicted molar refractivity (Wildman–Crippen MR) is 44.2 cm³/mol. The Bertz CT molecular complexity index is 409. The van der Waals surface area contributed by atoms with Crippen LogP contribution in [0, 0.1) is 0 Å². The quantitative estimate of drug-likeness (QED) is 0.555. The Morgan fingerprint density at radius 3 is 3.00 bits per heavy atom. The Morgan fingerprint density at radius 1 is 1.42 bits per heavy atom. The molecule has 5 nitrogen and oxygen atoms in total. The second-order valence-corrected chi connectivity index (χ2v) is 2.45. The van der Waals surface area contributed by atoms with Crippen molar-refractivity contribution in [2.75, 3.05) is 5.73 Å². The number of H-pyrrole nitrogens is 1. The van der Waals surface area contributed by atoms with Crippen molar-refractivity contribution < 1.29 is 5.11 Å². The van der Waals surface area contributed by atoms with Gasteiger partial charge in [-0.3, -0.25) is 0 Å². The lowest BCUT2D eigenvalue weighted by Crippen LogP contribution is -1.88. The highest BCUT2D eigenvalue weighted by atomic mass is 16.3. The number of aromatic nitrogens is 3. The molecule has 0 spiro atoms. The molecule has 0 aliphatic rings. The second-order valence-electron chi connectivity index (χ2n) is 2.45. The van der Waals surface area contributed by atoms with Crippen LogP contribution in [-0.4, -0.2) is 20.1 Å². The molecule has 2 aromatic heterocycles. The fraction of sp³-hybridized carbons (Fsp3) is 0.143. The van der Waals surface area contributed by atoms with Crippen LogP contribution < -0.4 is 5.73 Å². The number of anilines is 1. The van der Waals surface area contributed by atoms with Gasteiger partial charge in [0.25, 0.3) is 0 Å². The van der Waals surface area contributed by atoms with Gasteiger partial charge < -0.3 is 15.8 Å². The van der Waals surface area contributed by atoms with E-state index in [9.17, 15) is 0 Å². The summed E-state index contributed by atoms with van der Waals surface area (Å²) in [6.07, 6.45) is 0. The summed E-state index contributed by atoms with van der Waals surface area (Å²) < 4.78 is 0. The van der Waals surface area contributed by atoms with Crippen LogP contribution in [0.4, 0.5) is 5.82 Å². The molecule has 0 saturated carbocycles. The van der Waals surface area contributed by atoms with E-state index in [1.54, 1.807) is 12.1 Å². The van der Waals surface area contributed by atoms with E-state index in [1.807, 2.05) is 0 Å². The molecular formula is C7H8N4O. The topological polar surface area (TPSA) is 87.8 Å². The molecule has 0 fully saturated rings. The maximum atomic E-state index is 8.76. The Morgan fingerprint density at radius 2 is 2.25 bits per heavy atom. The van der Waals surface area contributed by atoms with E-state index in [4.69, 9.17) is 10.8 Å². The van der Waals surface area contributed by atoms with Gasteiger partial charge in [-0.25, -0.2) is 9.97 Å². The van der Waals surface area contributed by atoms with E-state index in [0.29, 0.717) is 17.3 Å². The van der Waals surface area contributed by atoms with Crippen molar-refractivity contribution in [1.82, 2.24) is 15.0 Å². The molecule has 0 saturated heterocycles. The van der Waals surface area contributed by atoms with Gasteiger partial charge >= 0.3 is 0 Å². The third-order valence-electron chi connectivity index (χ3n) is 1.57. The molecule has 0 aliphatic carbocycles. The molecular weight excluding hydrogens is 156 g/mol. The number of aliphatic hydroxyl groups is 1. The zero-order chi connectivity index (χ0) is 8.55. The highest BCUT2D eigenvalue weighted by molar-refractivity contribution is 5.72. The molecule has 4 N–H and O–H groups in total. The zero-order valence-electron chi connectivity index (χ0n) is 6.28. The first kappa shape index (κ1) is 7.05. The minimum atomic E-state index is -0.115. The summed E-state index contributed by atoms with van der Waals surface area (Å²) in [4.78, 5) is 10.9. The Balaban J connectivity index is 2.67. The number of imidazole rings is 1. The monoisotopic (exact) mass is 164 g/mol. The van der Waals surface area contributed by atoms with Gasteiger partial charge in [-0.1, -0.05) is 0 Å². The van der Waals surface area contributed by atoms with Gasteiger partial charge in [-0.15, -0.1) is 0 Å². The van der Waals surface area contributed by atoms with E-state index in [-0.39, 0.29) is 6.61 Å². The summed E-state index contributed by atoms with van der Waals surface area (Å²) in [5, 5.41) is 8.76. The molecule has 0 aliphatic heterocycles. The molecule has 0 atom stereocenters. The SMILES string of the molecule is Nc1ccc2[nH]c(CO)nc2n1. The lowest BCUT2D eigenvalue weighted by atomic mass is 10.4. The summed E-state index contributed by atoms with van der Waals surface area (Å²) in [7, 11) is 0. The summed E-state index contributed by atoms with van der Waals surface area (Å²) in [5.74, 6) is 0.932. The lowest BCUT2D eigenvalue weighted by molar-refractivity contribution is 0.273. The number of hydrogen-bond donors (Lipinski definition) is 3. The summed E-state index contributed by atoms with van der Waals surface area (Å²) in [6, 6.07) is 3.46. The van der Waals surface area contributed by atoms with Crippen LogP contribution in [0.25, 0.3) is 11.2 Å². The average Bonchev–Trinajstić information content (AvgIpc) is 2.46. The minimum absolute atomic E-state index is 0.115. The smallest absolute Gasteiger partial charge is 0.179 e. The third kappa shape index (κ3) is 0.998. The average molecular weight is 164 g/mol. The lowest BCUT2D eigenvalue weighted by Gasteiger charge is -1.88. The van der Waals surface area contributed by atoms with Crippen LogP contribution in [0.1, 0.15) is 5.82 Å². The van der Waals surface area contributed by atoms with Crippen LogP contribution >= 0.6 is 0 Å². The zero-order valence-corrected chi connectivity index (χ0v) is 6.28. The number of aliphatic hydroxyl groups excluding tert-OH is 1. The maximum absolute atomic E-state index is 8.76. The third-order valence-corrected chi connectivity index (χ3v) is 1.57. The van der Waals surface area contributed by atoms with Crippen molar-refractivity contribution in [1.29, 1.82) is 0 Å². The van der Waals surface area contributed by atoms with Crippen molar-refractivity contribution in [2.45, 2.75) is 6.61 Å². The molecule has 12 heavy (non-hydrogen) atoms. The van der Waals surface area contributed by atoms with Gasteiger partial charge in [-0.2, -0.15) is 0 Å². The largest absolute Gasteiger partial charge is 0.388 e. The molecule has 0 aromatic carbocycles. The minimum Gasteiger partial charge on any atom is -0.388 e. The van der Waals surface area contributed by atoms with Crippen LogP contribution in [-0.2, 0) is 6.61 Å². The molecule has 62 valence electrons. The number of pyridine rings is 1. The van der Waals surface area contributed by atoms with Gasteiger partial charge in [0.2, 0.25) is 0 Å². The van der Waals surface area contributed by atoms with Crippen LogP contribution in [0.3, 0.4) is 0 Å². The van der Waals surface area contributed by atoms with E-state index in [2.05, 4.69) is 15.0 Å². The van der Waals surface area contributed by atoms with E-state index in [1.165, 1.54) is 0 Å². The molecule has 0 unspecified atom stereocenters. The van der Waals surface area contributed by atoms with Crippen LogP contribution in [0.2, 0.25) is 0 Å². The number of nitrogen functional groups attached to an aromatic ring is 1. The number of nitrogens with one attached hydrogen (secondary N) is 1. The van der Waals surface area contributed by atoms with Gasteiger partial charge in [-0.05, 0) is 12.1 Å². The predicted octanol–water partition coefficient (Wildman–Crippen LogP) is 0.0324. The molecule has 2 heterocycles. The number of aromatic amines is 1. The number of rotatable bonds is 1. The summed E-state index contributed by atoms with van der Waals surface area (Å²) in [6.45, 7) is -0.115. The Hall–Kier alpha value is -1.62. The van der Waals surface area contributed by atoms with Crippen LogP contribution in [0.15, 0.2) is 12.1 Å². The molecule has 2 aromatic rings. The number of nitrogens with two attached hydrogens (primary N) is 1. The van der Waals surface area contributed by atoms with E-state index in [0.717, 1.165) is 5.52 Å². The van der Waals surface area contributed by atoms with Gasteiger partial charge in [0.1, 0.15) is 18.2 Å². The Kier molecular flexibility index (Phi) is 1.44. The number of fused-ring (bicyclic) bond motifs is 1. The normalized spacial score (nSPS) is 10.8. The second kappa shape index (κ2) is 2.46. The molecule has 2 rings (SSSR count). The molecule has 0 bridgehead atoms. The standard InChI is InChI=1S/C7H8N4O/c8-5-2-1-4-7(10-5)11-6(3-12)9-4/h1-2,12H,3H2,(H3,8,9,10,11). The van der Waals surface area contributed by atoms with Gasteiger partial charge in [0.05, 0.1) is 5.52 Å². The van der Waals surface area contributed by atoms with E-state index < -0.39 is 0 Å². The van der Waals surface area contributed by atoms with E-state index >= 15 is 0 Å². The molecule has 5 heteroatoms. The van der Waals surface area contributed by atoms with Gasteiger partial charge in [0, 0.05) is 0 Å². The van der Waals surface area contributed by atoms with Crippen molar-refractivity contribution in [3.8, 4) is 0 Å². The van der Waals surface area contributed by atoms with Gasteiger partial charge in [0.15, 0.2) is 5.65 Å². The van der Waals surface area contributed by atoms with Crippen molar-refractivity contribution in [3.05, 3.63) is 18.0 Å². The van der Waals surface area contributed by atoms with Crippen molar-refractivity contribution in [3.63, 3.8) is 0 Å². The highest BCUT2D eigenvalue weighted by Gasteiger charge is 2.01. The van der Waals surface area contributed by atoms with Crippen molar-refractivity contribution in [2.24, 2.45) is 0 Å². The number of hydrogen-bond acceptors (Lipinski definition) is 4. The fourth-order valence-electron chi connectivity index (χ4n) is 1.03. The first-order chi connectivity index (χ1) is 5.79. The fourth-order valence-corrected chi connectivity index (χ4v) is 1.03. The molecule has 0 amide bonds. The highest BCUT2D eigenvalue weighted by Crippen LogP contribution is 2.10. The first-order valence-electron chi connectivity index (χ1n) is 3.51. The Labute approximate surface area is 68.3 Å². The van der Waals surface area contributed by atoms with Crippen molar-refractivity contribution >= 4 is 17.0 Å². The molecule has 0 radical (unpaired) electrons. The maximum Gasteiger partial charge on any atom is 0.179 e. The number of nitrogens with zero attached hydrogens (tertiary/aromatic N) is 2.